The molecule has 0 saturated heterocycles. The van der Waals surface area contributed by atoms with Crippen molar-refractivity contribution in [3.63, 3.8) is 0 Å². The second kappa shape index (κ2) is 6.44. The van der Waals surface area contributed by atoms with Crippen molar-refractivity contribution in [2.75, 3.05) is 0 Å². The van der Waals surface area contributed by atoms with Crippen molar-refractivity contribution in [3.05, 3.63) is 121 Å². The summed E-state index contributed by atoms with van der Waals surface area (Å²) in [5.74, 6) is 0. The minimum absolute atomic E-state index is 1.28. The lowest BCUT2D eigenvalue weighted by Crippen LogP contribution is -1.85. The summed E-state index contributed by atoms with van der Waals surface area (Å²) in [6.07, 6.45) is 0. The topological polar surface area (TPSA) is 8.82 Å². The van der Waals surface area contributed by atoms with Crippen LogP contribution in [0.1, 0.15) is 0 Å². The molecule has 0 saturated carbocycles. The van der Waals surface area contributed by atoms with Crippen LogP contribution < -0.4 is 0 Å². The Kier molecular flexibility index (Phi) is 3.17. The Hall–Kier alpha value is -5.34. The van der Waals surface area contributed by atoms with Crippen LogP contribution >= 0.6 is 0 Å². The number of aromatic nitrogens is 2. The third-order valence-corrected chi connectivity index (χ3v) is 9.50. The van der Waals surface area contributed by atoms with Crippen molar-refractivity contribution in [2.24, 2.45) is 0 Å². The van der Waals surface area contributed by atoms with Crippen LogP contribution in [-0.2, 0) is 0 Å². The second-order valence-corrected chi connectivity index (χ2v) is 11.4. The van der Waals surface area contributed by atoms with Crippen LogP contribution in [0, 0.1) is 0 Å². The number of rotatable bonds is 0. The summed E-state index contributed by atoms with van der Waals surface area (Å²) in [4.78, 5) is 0. The summed E-state index contributed by atoms with van der Waals surface area (Å²) in [7, 11) is 0. The number of para-hydroxylation sites is 3. The largest absolute Gasteiger partial charge is 0.308 e. The zero-order valence-electron chi connectivity index (χ0n) is 21.4. The molecule has 11 rings (SSSR count). The molecule has 40 heavy (non-hydrogen) atoms. The molecule has 0 radical (unpaired) electrons. The van der Waals surface area contributed by atoms with Gasteiger partial charge in [0.2, 0.25) is 0 Å². The SMILES string of the molecule is c1ccc2cc3c(ccc4c5cccc6c7cc8c9cccc%10c%11ccccc%11n(c8cc7n(c34)c65)c%109)cc2c1. The molecule has 0 amide bonds. The highest BCUT2D eigenvalue weighted by atomic mass is 14.9. The van der Waals surface area contributed by atoms with E-state index in [-0.39, 0.29) is 0 Å². The van der Waals surface area contributed by atoms with Gasteiger partial charge in [0, 0.05) is 48.5 Å². The Balaban J connectivity index is 1.44. The fraction of sp³-hybridized carbons (Fsp3) is 0. The molecule has 0 aliphatic carbocycles. The van der Waals surface area contributed by atoms with Crippen molar-refractivity contribution in [1.82, 2.24) is 8.80 Å². The number of hydrogen-bond donors (Lipinski definition) is 0. The highest BCUT2D eigenvalue weighted by molar-refractivity contribution is 6.31. The monoisotopic (exact) mass is 504 g/mol. The van der Waals surface area contributed by atoms with Crippen molar-refractivity contribution in [2.45, 2.75) is 0 Å². The molecule has 0 unspecified atom stereocenters. The van der Waals surface area contributed by atoms with Gasteiger partial charge in [-0.1, -0.05) is 91.0 Å². The molecule has 7 aromatic carbocycles. The minimum atomic E-state index is 1.28. The molecule has 0 atom stereocenters. The average molecular weight is 505 g/mol. The lowest BCUT2D eigenvalue weighted by atomic mass is 10.00. The second-order valence-electron chi connectivity index (χ2n) is 11.4. The molecule has 11 aromatic rings. The molecule has 0 spiro atoms. The van der Waals surface area contributed by atoms with Gasteiger partial charge in [-0.2, -0.15) is 0 Å². The summed E-state index contributed by atoms with van der Waals surface area (Å²) in [5, 5.41) is 15.8. The quantitative estimate of drug-likeness (QED) is 0.182. The fourth-order valence-electron chi connectivity index (χ4n) is 7.89. The van der Waals surface area contributed by atoms with E-state index in [2.05, 4.69) is 130 Å². The molecular weight excluding hydrogens is 484 g/mol. The van der Waals surface area contributed by atoms with Crippen LogP contribution in [0.25, 0.3) is 97.7 Å². The summed E-state index contributed by atoms with van der Waals surface area (Å²) < 4.78 is 5.05. The maximum Gasteiger partial charge on any atom is 0.0620 e. The molecule has 4 heterocycles. The molecule has 4 aromatic heterocycles. The smallest absolute Gasteiger partial charge is 0.0620 e. The molecule has 0 N–H and O–H groups in total. The summed E-state index contributed by atoms with van der Waals surface area (Å²) >= 11 is 0. The highest BCUT2D eigenvalue weighted by Gasteiger charge is 2.22. The normalized spacial score (nSPS) is 13.0. The predicted molar refractivity (Wildman–Crippen MR) is 171 cm³/mol. The van der Waals surface area contributed by atoms with Crippen LogP contribution in [0.3, 0.4) is 0 Å². The Labute approximate surface area is 227 Å². The van der Waals surface area contributed by atoms with Gasteiger partial charge in [-0.15, -0.1) is 0 Å². The lowest BCUT2D eigenvalue weighted by molar-refractivity contribution is 1.35. The maximum absolute atomic E-state index is 2.55. The molecule has 2 heteroatoms. The van der Waals surface area contributed by atoms with E-state index in [0.29, 0.717) is 0 Å². The van der Waals surface area contributed by atoms with Crippen LogP contribution in [-0.4, -0.2) is 8.80 Å². The van der Waals surface area contributed by atoms with E-state index in [1.165, 1.54) is 97.7 Å². The zero-order chi connectivity index (χ0) is 25.7. The Morgan fingerprint density at radius 3 is 1.62 bits per heavy atom. The zero-order valence-corrected chi connectivity index (χ0v) is 21.4. The molecule has 0 aliphatic heterocycles. The van der Waals surface area contributed by atoms with Gasteiger partial charge in [0.25, 0.3) is 0 Å². The summed E-state index contributed by atoms with van der Waals surface area (Å²) in [6, 6.07) is 45.4. The first-order valence-corrected chi connectivity index (χ1v) is 14.0. The first-order chi connectivity index (χ1) is 19.8. The van der Waals surface area contributed by atoms with Gasteiger partial charge in [0.05, 0.1) is 33.1 Å². The molecular formula is C38H20N2. The lowest BCUT2D eigenvalue weighted by Gasteiger charge is -2.06. The van der Waals surface area contributed by atoms with Crippen LogP contribution in [0.15, 0.2) is 121 Å². The Morgan fingerprint density at radius 2 is 0.825 bits per heavy atom. The predicted octanol–water partition coefficient (Wildman–Crippen LogP) is 10.3. The van der Waals surface area contributed by atoms with E-state index < -0.39 is 0 Å². The molecule has 0 fully saturated rings. The van der Waals surface area contributed by atoms with Crippen molar-refractivity contribution < 1.29 is 0 Å². The number of fused-ring (bicyclic) bond motifs is 15. The van der Waals surface area contributed by atoms with E-state index in [9.17, 15) is 0 Å². The van der Waals surface area contributed by atoms with Gasteiger partial charge in [-0.25, -0.2) is 0 Å². The number of nitrogens with zero attached hydrogens (tertiary/aromatic N) is 2. The van der Waals surface area contributed by atoms with Gasteiger partial charge in [-0.3, -0.25) is 0 Å². The van der Waals surface area contributed by atoms with Crippen LogP contribution in [0.4, 0.5) is 0 Å². The van der Waals surface area contributed by atoms with E-state index >= 15 is 0 Å². The molecule has 2 nitrogen and oxygen atoms in total. The summed E-state index contributed by atoms with van der Waals surface area (Å²) in [5.41, 5.74) is 7.79. The van der Waals surface area contributed by atoms with Gasteiger partial charge in [0.1, 0.15) is 0 Å². The van der Waals surface area contributed by atoms with E-state index in [1.54, 1.807) is 0 Å². The molecule has 182 valence electrons. The van der Waals surface area contributed by atoms with Crippen LogP contribution in [0.2, 0.25) is 0 Å². The highest BCUT2D eigenvalue weighted by Crippen LogP contribution is 2.45. The third kappa shape index (κ3) is 2.07. The standard InChI is InChI=1S/C38H20N2/c1-2-8-22-18-30-23(17-21(22)7-1)15-16-29-26-11-6-13-28-32-19-31-27-12-5-10-25-24-9-3-4-14-33(24)39(36(25)27)34(31)20-35(32)40(37(26)28)38(29)30/h1-20H. The van der Waals surface area contributed by atoms with Gasteiger partial charge >= 0.3 is 0 Å². The summed E-state index contributed by atoms with van der Waals surface area (Å²) in [6.45, 7) is 0. The van der Waals surface area contributed by atoms with Crippen LogP contribution in [0.5, 0.6) is 0 Å². The first kappa shape index (κ1) is 19.7. The van der Waals surface area contributed by atoms with Crippen molar-refractivity contribution in [1.29, 1.82) is 0 Å². The Morgan fingerprint density at radius 1 is 0.275 bits per heavy atom. The van der Waals surface area contributed by atoms with Gasteiger partial charge < -0.3 is 8.80 Å². The average Bonchev–Trinajstić information content (AvgIpc) is 3.72. The minimum Gasteiger partial charge on any atom is -0.308 e. The maximum atomic E-state index is 2.55. The van der Waals surface area contributed by atoms with Gasteiger partial charge in [0.15, 0.2) is 0 Å². The fourth-order valence-corrected chi connectivity index (χ4v) is 7.89. The van der Waals surface area contributed by atoms with Crippen molar-refractivity contribution in [3.8, 4) is 0 Å². The number of benzene rings is 7. The first-order valence-electron chi connectivity index (χ1n) is 14.0. The molecule has 0 aliphatic rings. The van der Waals surface area contributed by atoms with Crippen molar-refractivity contribution >= 4 is 97.7 Å². The Bertz CT molecular complexity index is 2860. The number of hydrogen-bond acceptors (Lipinski definition) is 0. The third-order valence-electron chi connectivity index (χ3n) is 9.50. The van der Waals surface area contributed by atoms with Gasteiger partial charge in [-0.05, 0) is 46.5 Å². The van der Waals surface area contributed by atoms with E-state index in [0.717, 1.165) is 0 Å². The molecule has 0 bridgehead atoms. The van der Waals surface area contributed by atoms with E-state index in [4.69, 9.17) is 0 Å². The van der Waals surface area contributed by atoms with E-state index in [1.807, 2.05) is 0 Å².